The van der Waals surface area contributed by atoms with Crippen LogP contribution in [0, 0.1) is 34.6 Å². The molecule has 0 N–H and O–H groups in total. The maximum absolute atomic E-state index is 3.57. The third kappa shape index (κ3) is 2.37. The van der Waals surface area contributed by atoms with Crippen molar-refractivity contribution in [2.75, 3.05) is 0 Å². The van der Waals surface area contributed by atoms with Crippen LogP contribution in [0.5, 0.6) is 0 Å². The lowest BCUT2D eigenvalue weighted by Crippen LogP contribution is -1.95. The molecule has 0 saturated carbocycles. The predicted octanol–water partition coefficient (Wildman–Crippen LogP) is 5.66. The minimum atomic E-state index is 1.16. The van der Waals surface area contributed by atoms with E-state index in [1.54, 1.807) is 0 Å². The van der Waals surface area contributed by atoms with Gasteiger partial charge in [0.15, 0.2) is 0 Å². The van der Waals surface area contributed by atoms with Crippen molar-refractivity contribution in [3.05, 3.63) is 56.6 Å². The third-order valence-corrected chi connectivity index (χ3v) is 3.88. The number of aryl methyl sites for hydroxylation is 5. The Morgan fingerprint density at radius 1 is 0.611 bits per heavy atom. The van der Waals surface area contributed by atoms with Crippen molar-refractivity contribution in [1.29, 1.82) is 0 Å². The Hall–Kier alpha value is -1.08. The van der Waals surface area contributed by atoms with Crippen LogP contribution in [-0.4, -0.2) is 0 Å². The zero-order valence-corrected chi connectivity index (χ0v) is 13.3. The first-order valence-electron chi connectivity index (χ1n) is 6.25. The largest absolute Gasteiger partial charge is 0.0557 e. The lowest BCUT2D eigenvalue weighted by molar-refractivity contribution is 1.28. The second-order valence-electron chi connectivity index (χ2n) is 5.19. The minimum absolute atomic E-state index is 1.16. The molecule has 0 radical (unpaired) electrons. The summed E-state index contributed by atoms with van der Waals surface area (Å²) in [6.45, 7) is 10.9. The summed E-state index contributed by atoms with van der Waals surface area (Å²) in [4.78, 5) is 0. The second-order valence-corrected chi connectivity index (χ2v) is 6.10. The molecule has 2 aromatic carbocycles. The fraction of sp³-hybridized carbons (Fsp3) is 0.294. The van der Waals surface area contributed by atoms with E-state index in [1.807, 2.05) is 0 Å². The number of hydrogen-bond acceptors (Lipinski definition) is 0. The highest BCUT2D eigenvalue weighted by molar-refractivity contribution is 9.10. The van der Waals surface area contributed by atoms with E-state index >= 15 is 0 Å². The zero-order chi connectivity index (χ0) is 13.4. The summed E-state index contributed by atoms with van der Waals surface area (Å²) in [5, 5.41) is 0. The molecule has 0 atom stereocenters. The zero-order valence-electron chi connectivity index (χ0n) is 11.7. The molecule has 2 aromatic rings. The van der Waals surface area contributed by atoms with Gasteiger partial charge in [0.05, 0.1) is 0 Å². The molecule has 0 fully saturated rings. The van der Waals surface area contributed by atoms with Crippen molar-refractivity contribution < 1.29 is 0 Å². The van der Waals surface area contributed by atoms with Gasteiger partial charge < -0.3 is 0 Å². The molecule has 0 aliphatic rings. The van der Waals surface area contributed by atoms with Gasteiger partial charge in [0.2, 0.25) is 0 Å². The quantitative estimate of drug-likeness (QED) is 0.638. The molecule has 18 heavy (non-hydrogen) atoms. The molecule has 0 amide bonds. The first kappa shape index (κ1) is 13.4. The van der Waals surface area contributed by atoms with Crippen LogP contribution in [0.1, 0.15) is 27.8 Å². The smallest absolute Gasteiger partial charge is 0.0180 e. The maximum Gasteiger partial charge on any atom is 0.0180 e. The highest BCUT2D eigenvalue weighted by Crippen LogP contribution is 2.35. The highest BCUT2D eigenvalue weighted by Gasteiger charge is 2.12. The summed E-state index contributed by atoms with van der Waals surface area (Å²) in [7, 11) is 0. The molecule has 0 heterocycles. The standard InChI is InChI=1S/C17H19Br/c1-10-6-11(2)16(12(3)7-10)17-13(4)8-15(18)9-14(17)5/h6-9H,1-5H3. The van der Waals surface area contributed by atoms with Gasteiger partial charge in [-0.25, -0.2) is 0 Å². The molecule has 0 aromatic heterocycles. The van der Waals surface area contributed by atoms with E-state index in [-0.39, 0.29) is 0 Å². The van der Waals surface area contributed by atoms with Crippen molar-refractivity contribution in [3.8, 4) is 11.1 Å². The van der Waals surface area contributed by atoms with E-state index in [0.717, 1.165) is 4.47 Å². The molecule has 1 heteroatoms. The highest BCUT2D eigenvalue weighted by atomic mass is 79.9. The summed E-state index contributed by atoms with van der Waals surface area (Å²) in [6.07, 6.45) is 0. The molecule has 0 bridgehead atoms. The van der Waals surface area contributed by atoms with Crippen molar-refractivity contribution in [2.45, 2.75) is 34.6 Å². The van der Waals surface area contributed by atoms with Gasteiger partial charge in [-0.3, -0.25) is 0 Å². The Labute approximate surface area is 118 Å². The molecule has 0 saturated heterocycles. The molecular formula is C17H19Br. The molecule has 0 aliphatic carbocycles. The Bertz CT molecular complexity index is 507. The van der Waals surface area contributed by atoms with E-state index in [9.17, 15) is 0 Å². The van der Waals surface area contributed by atoms with E-state index < -0.39 is 0 Å². The summed E-state index contributed by atoms with van der Waals surface area (Å²) >= 11 is 3.57. The molecule has 0 spiro atoms. The summed E-state index contributed by atoms with van der Waals surface area (Å²) in [6, 6.07) is 8.93. The first-order valence-corrected chi connectivity index (χ1v) is 7.04. The fourth-order valence-corrected chi connectivity index (χ4v) is 3.57. The number of benzene rings is 2. The number of rotatable bonds is 1. The van der Waals surface area contributed by atoms with E-state index in [1.165, 1.54) is 38.9 Å². The predicted molar refractivity (Wildman–Crippen MR) is 83.3 cm³/mol. The normalized spacial score (nSPS) is 10.8. The summed E-state index contributed by atoms with van der Waals surface area (Å²) in [5.41, 5.74) is 9.49. The lowest BCUT2D eigenvalue weighted by atomic mass is 9.88. The minimum Gasteiger partial charge on any atom is -0.0557 e. The topological polar surface area (TPSA) is 0 Å². The molecule has 94 valence electrons. The van der Waals surface area contributed by atoms with Crippen molar-refractivity contribution >= 4 is 15.9 Å². The van der Waals surface area contributed by atoms with Gasteiger partial charge in [0.1, 0.15) is 0 Å². The Morgan fingerprint density at radius 2 is 0.944 bits per heavy atom. The van der Waals surface area contributed by atoms with Crippen LogP contribution in [0.15, 0.2) is 28.7 Å². The van der Waals surface area contributed by atoms with Crippen LogP contribution >= 0.6 is 15.9 Å². The lowest BCUT2D eigenvalue weighted by Gasteiger charge is -2.17. The number of hydrogen-bond donors (Lipinski definition) is 0. The second kappa shape index (κ2) is 4.89. The summed E-state index contributed by atoms with van der Waals surface area (Å²) < 4.78 is 1.16. The molecule has 0 aliphatic heterocycles. The Morgan fingerprint density at radius 3 is 1.33 bits per heavy atom. The van der Waals surface area contributed by atoms with Crippen LogP contribution in [0.25, 0.3) is 11.1 Å². The average Bonchev–Trinajstić information content (AvgIpc) is 2.20. The van der Waals surface area contributed by atoms with Gasteiger partial charge >= 0.3 is 0 Å². The maximum atomic E-state index is 3.57. The Kier molecular flexibility index (Phi) is 3.63. The Balaban J connectivity index is 2.78. The van der Waals surface area contributed by atoms with E-state index in [2.05, 4.69) is 74.8 Å². The molecule has 2 rings (SSSR count). The number of halogens is 1. The summed E-state index contributed by atoms with van der Waals surface area (Å²) in [5.74, 6) is 0. The van der Waals surface area contributed by atoms with Crippen molar-refractivity contribution in [1.82, 2.24) is 0 Å². The van der Waals surface area contributed by atoms with Gasteiger partial charge in [-0.15, -0.1) is 0 Å². The first-order chi connectivity index (χ1) is 8.40. The molecule has 0 unspecified atom stereocenters. The fourth-order valence-electron chi connectivity index (χ4n) is 2.88. The van der Waals surface area contributed by atoms with Gasteiger partial charge in [0, 0.05) is 4.47 Å². The SMILES string of the molecule is Cc1cc(C)c(-c2c(C)cc(Br)cc2C)c(C)c1. The molecular weight excluding hydrogens is 284 g/mol. The van der Waals surface area contributed by atoms with Crippen LogP contribution in [-0.2, 0) is 0 Å². The van der Waals surface area contributed by atoms with E-state index in [0.29, 0.717) is 0 Å². The molecule has 0 nitrogen and oxygen atoms in total. The third-order valence-electron chi connectivity index (χ3n) is 3.42. The van der Waals surface area contributed by atoms with Crippen LogP contribution in [0.2, 0.25) is 0 Å². The van der Waals surface area contributed by atoms with E-state index in [4.69, 9.17) is 0 Å². The van der Waals surface area contributed by atoms with Gasteiger partial charge in [-0.05, 0) is 80.1 Å². The van der Waals surface area contributed by atoms with Crippen LogP contribution < -0.4 is 0 Å². The van der Waals surface area contributed by atoms with Crippen LogP contribution in [0.3, 0.4) is 0 Å². The van der Waals surface area contributed by atoms with Crippen molar-refractivity contribution in [2.24, 2.45) is 0 Å². The average molecular weight is 303 g/mol. The van der Waals surface area contributed by atoms with Gasteiger partial charge in [-0.2, -0.15) is 0 Å². The monoisotopic (exact) mass is 302 g/mol. The van der Waals surface area contributed by atoms with Crippen LogP contribution in [0.4, 0.5) is 0 Å². The van der Waals surface area contributed by atoms with Gasteiger partial charge in [0.25, 0.3) is 0 Å². The van der Waals surface area contributed by atoms with Gasteiger partial charge in [-0.1, -0.05) is 33.6 Å². The van der Waals surface area contributed by atoms with Crippen molar-refractivity contribution in [3.63, 3.8) is 0 Å².